The molecule has 0 unspecified atom stereocenters. The Morgan fingerprint density at radius 3 is 2.19 bits per heavy atom. The number of hydrogen-bond acceptors (Lipinski definition) is 4. The summed E-state index contributed by atoms with van der Waals surface area (Å²) < 4.78 is 7.29. The molecule has 1 aromatic heterocycles. The second kappa shape index (κ2) is 7.91. The van der Waals surface area contributed by atoms with Crippen molar-refractivity contribution in [2.45, 2.75) is 24.8 Å². The van der Waals surface area contributed by atoms with Crippen LogP contribution in [0.15, 0.2) is 60.8 Å². The Hall–Kier alpha value is -3.61. The van der Waals surface area contributed by atoms with Gasteiger partial charge in [-0.25, -0.2) is 9.59 Å². The zero-order chi connectivity index (χ0) is 21.4. The van der Waals surface area contributed by atoms with Crippen molar-refractivity contribution in [3.8, 4) is 11.1 Å². The predicted molar refractivity (Wildman–Crippen MR) is 114 cm³/mol. The minimum Gasteiger partial charge on any atom is -0.477 e. The van der Waals surface area contributed by atoms with E-state index in [9.17, 15) is 14.7 Å². The highest BCUT2D eigenvalue weighted by Gasteiger charge is 2.31. The number of nitrogens with zero attached hydrogens (tertiary/aromatic N) is 3. The Labute approximate surface area is 179 Å². The summed E-state index contributed by atoms with van der Waals surface area (Å²) in [7, 11) is 0. The van der Waals surface area contributed by atoms with Gasteiger partial charge in [0.05, 0.1) is 6.04 Å². The number of piperidine rings is 1. The van der Waals surface area contributed by atoms with Crippen LogP contribution in [0.3, 0.4) is 0 Å². The second-order valence-electron chi connectivity index (χ2n) is 7.99. The lowest BCUT2D eigenvalue weighted by atomic mass is 9.98. The van der Waals surface area contributed by atoms with Gasteiger partial charge in [0.15, 0.2) is 0 Å². The first-order chi connectivity index (χ1) is 15.1. The summed E-state index contributed by atoms with van der Waals surface area (Å²) in [5.74, 6) is -0.951. The number of hydrogen-bond donors (Lipinski definition) is 1. The molecule has 0 saturated carbocycles. The van der Waals surface area contributed by atoms with Gasteiger partial charge in [0.1, 0.15) is 12.3 Å². The highest BCUT2D eigenvalue weighted by Crippen LogP contribution is 2.44. The summed E-state index contributed by atoms with van der Waals surface area (Å²) in [6.07, 6.45) is 2.47. The molecule has 0 spiro atoms. The molecular weight excluding hydrogens is 394 g/mol. The number of likely N-dealkylation sites (tertiary alicyclic amines) is 1. The van der Waals surface area contributed by atoms with Gasteiger partial charge in [0.2, 0.25) is 0 Å². The molecule has 2 aromatic carbocycles. The maximum absolute atomic E-state index is 12.7. The molecule has 1 aliphatic carbocycles. The van der Waals surface area contributed by atoms with Crippen molar-refractivity contribution in [2.75, 3.05) is 19.7 Å². The topological polar surface area (TPSA) is 84.7 Å². The van der Waals surface area contributed by atoms with Crippen LogP contribution < -0.4 is 0 Å². The Balaban J connectivity index is 1.22. The number of fused-ring (bicyclic) bond motifs is 3. The minimum atomic E-state index is -0.989. The Morgan fingerprint density at radius 2 is 1.58 bits per heavy atom. The van der Waals surface area contributed by atoms with E-state index in [2.05, 4.69) is 29.4 Å². The van der Waals surface area contributed by atoms with E-state index in [0.717, 1.165) is 0 Å². The van der Waals surface area contributed by atoms with Crippen LogP contribution in [0.2, 0.25) is 0 Å². The van der Waals surface area contributed by atoms with E-state index in [4.69, 9.17) is 4.74 Å². The molecule has 1 fully saturated rings. The first kappa shape index (κ1) is 19.4. The fourth-order valence-corrected chi connectivity index (χ4v) is 4.75. The fraction of sp³-hybridized carbons (Fsp3) is 0.292. The lowest BCUT2D eigenvalue weighted by molar-refractivity contribution is 0.0664. The number of ether oxygens (including phenoxy) is 1. The number of amides is 1. The third kappa shape index (κ3) is 3.46. The molecule has 158 valence electrons. The van der Waals surface area contributed by atoms with Crippen LogP contribution in [0.5, 0.6) is 0 Å². The molecule has 0 radical (unpaired) electrons. The number of carboxylic acid groups (broad SMARTS) is 1. The number of aromatic carboxylic acids is 1. The highest BCUT2D eigenvalue weighted by atomic mass is 16.6. The van der Waals surface area contributed by atoms with Crippen LogP contribution in [0.4, 0.5) is 4.79 Å². The second-order valence-corrected chi connectivity index (χ2v) is 7.99. The van der Waals surface area contributed by atoms with E-state index in [-0.39, 0.29) is 23.7 Å². The average molecular weight is 417 g/mol. The maximum Gasteiger partial charge on any atom is 0.409 e. The van der Waals surface area contributed by atoms with Crippen LogP contribution >= 0.6 is 0 Å². The van der Waals surface area contributed by atoms with E-state index in [1.165, 1.54) is 34.5 Å². The van der Waals surface area contributed by atoms with Gasteiger partial charge in [-0.05, 0) is 41.2 Å². The number of aromatic nitrogens is 2. The van der Waals surface area contributed by atoms with E-state index >= 15 is 0 Å². The van der Waals surface area contributed by atoms with Crippen LogP contribution in [-0.2, 0) is 4.74 Å². The van der Waals surface area contributed by atoms with Gasteiger partial charge in [-0.2, -0.15) is 5.10 Å². The van der Waals surface area contributed by atoms with Gasteiger partial charge in [0, 0.05) is 25.2 Å². The van der Waals surface area contributed by atoms with Crippen molar-refractivity contribution in [2.24, 2.45) is 0 Å². The molecule has 7 nitrogen and oxygen atoms in total. The maximum atomic E-state index is 12.7. The van der Waals surface area contributed by atoms with Gasteiger partial charge in [-0.1, -0.05) is 48.5 Å². The molecule has 0 atom stereocenters. The molecule has 1 saturated heterocycles. The summed E-state index contributed by atoms with van der Waals surface area (Å²) in [6.45, 7) is 1.33. The summed E-state index contributed by atoms with van der Waals surface area (Å²) in [5.41, 5.74) is 4.96. The Kier molecular flexibility index (Phi) is 4.94. The zero-order valence-corrected chi connectivity index (χ0v) is 17.0. The van der Waals surface area contributed by atoms with Crippen LogP contribution in [0, 0.1) is 0 Å². The average Bonchev–Trinajstić information content (AvgIpc) is 3.41. The molecule has 3 aromatic rings. The molecular formula is C24H23N3O4. The van der Waals surface area contributed by atoms with Gasteiger partial charge < -0.3 is 14.7 Å². The van der Waals surface area contributed by atoms with Gasteiger partial charge in [-0.3, -0.25) is 4.68 Å². The fourth-order valence-electron chi connectivity index (χ4n) is 4.75. The lowest BCUT2D eigenvalue weighted by Crippen LogP contribution is -2.40. The Morgan fingerprint density at radius 1 is 0.968 bits per heavy atom. The largest absolute Gasteiger partial charge is 0.477 e. The van der Waals surface area contributed by atoms with E-state index in [1.54, 1.807) is 9.58 Å². The molecule has 31 heavy (non-hydrogen) atoms. The van der Waals surface area contributed by atoms with Crippen molar-refractivity contribution >= 4 is 12.1 Å². The Bertz CT molecular complexity index is 1090. The van der Waals surface area contributed by atoms with E-state index in [0.29, 0.717) is 32.5 Å². The quantitative estimate of drug-likeness (QED) is 0.689. The van der Waals surface area contributed by atoms with Gasteiger partial charge >= 0.3 is 12.1 Å². The third-order valence-electron chi connectivity index (χ3n) is 6.29. The number of carboxylic acids is 1. The van der Waals surface area contributed by atoms with Gasteiger partial charge in [0.25, 0.3) is 0 Å². The first-order valence-corrected chi connectivity index (χ1v) is 10.5. The molecule has 2 heterocycles. The van der Waals surface area contributed by atoms with E-state index < -0.39 is 5.97 Å². The summed E-state index contributed by atoms with van der Waals surface area (Å²) in [6, 6.07) is 18.0. The molecule has 7 heteroatoms. The van der Waals surface area contributed by atoms with Crippen molar-refractivity contribution < 1.29 is 19.4 Å². The lowest BCUT2D eigenvalue weighted by Gasteiger charge is -2.32. The number of carbonyl (C=O) groups is 2. The van der Waals surface area contributed by atoms with Crippen LogP contribution in [-0.4, -0.2) is 51.5 Å². The number of benzene rings is 2. The summed E-state index contributed by atoms with van der Waals surface area (Å²) in [4.78, 5) is 25.8. The van der Waals surface area contributed by atoms with Crippen LogP contribution in [0.1, 0.15) is 46.4 Å². The van der Waals surface area contributed by atoms with Crippen molar-refractivity contribution in [3.05, 3.63) is 77.6 Å². The molecule has 1 aliphatic heterocycles. The van der Waals surface area contributed by atoms with Crippen molar-refractivity contribution in [1.29, 1.82) is 0 Å². The third-order valence-corrected chi connectivity index (χ3v) is 6.29. The minimum absolute atomic E-state index is 0.0289. The van der Waals surface area contributed by atoms with E-state index in [1.807, 2.05) is 24.3 Å². The van der Waals surface area contributed by atoms with Crippen molar-refractivity contribution in [3.63, 3.8) is 0 Å². The van der Waals surface area contributed by atoms with Crippen LogP contribution in [0.25, 0.3) is 11.1 Å². The number of rotatable bonds is 4. The molecule has 5 rings (SSSR count). The standard InChI is InChI=1S/C24H23N3O4/c28-23(29)22-9-12-25-27(22)16-10-13-26(14-11-16)24(30)31-15-21-19-7-3-1-5-17(19)18-6-2-4-8-20(18)21/h1-9,12,16,21H,10-11,13-15H2,(H,28,29). The molecule has 2 aliphatic rings. The molecule has 0 bridgehead atoms. The monoisotopic (exact) mass is 417 g/mol. The summed E-state index contributed by atoms with van der Waals surface area (Å²) >= 11 is 0. The van der Waals surface area contributed by atoms with Gasteiger partial charge in [-0.15, -0.1) is 0 Å². The highest BCUT2D eigenvalue weighted by molar-refractivity contribution is 5.85. The molecule has 1 amide bonds. The normalized spacial score (nSPS) is 16.1. The summed E-state index contributed by atoms with van der Waals surface area (Å²) in [5, 5.41) is 13.5. The zero-order valence-electron chi connectivity index (χ0n) is 17.0. The first-order valence-electron chi connectivity index (χ1n) is 10.5. The van der Waals surface area contributed by atoms with Crippen molar-refractivity contribution in [1.82, 2.24) is 14.7 Å². The molecule has 1 N–H and O–H groups in total. The predicted octanol–water partition coefficient (Wildman–Crippen LogP) is 4.17. The smallest absolute Gasteiger partial charge is 0.409 e. The SMILES string of the molecule is O=C(O)c1ccnn1C1CCN(C(=O)OCC2c3ccccc3-c3ccccc32)CC1. The number of carbonyl (C=O) groups excluding carboxylic acids is 1.